The van der Waals surface area contributed by atoms with E-state index in [1.54, 1.807) is 18.2 Å². The molecule has 0 bridgehead atoms. The van der Waals surface area contributed by atoms with E-state index < -0.39 is 0 Å². The van der Waals surface area contributed by atoms with Crippen molar-refractivity contribution < 1.29 is 9.53 Å². The lowest BCUT2D eigenvalue weighted by Gasteiger charge is -2.18. The van der Waals surface area contributed by atoms with Crippen molar-refractivity contribution in [1.29, 1.82) is 0 Å². The molecule has 0 aromatic heterocycles. The number of nitrogens with zero attached hydrogens (tertiary/aromatic N) is 1. The highest BCUT2D eigenvalue weighted by atomic mass is 35.5. The average molecular weight is 285 g/mol. The summed E-state index contributed by atoms with van der Waals surface area (Å²) < 4.78 is 5.16. The zero-order valence-electron chi connectivity index (χ0n) is 11.7. The lowest BCUT2D eigenvalue weighted by atomic mass is 10.2. The van der Waals surface area contributed by atoms with Gasteiger partial charge in [0.15, 0.2) is 0 Å². The van der Waals surface area contributed by atoms with Gasteiger partial charge in [0, 0.05) is 13.1 Å². The van der Waals surface area contributed by atoms with Gasteiger partial charge in [-0.2, -0.15) is 0 Å². The summed E-state index contributed by atoms with van der Waals surface area (Å²) in [6, 6.07) is 5.15. The third kappa shape index (κ3) is 4.40. The Morgan fingerprint density at radius 2 is 2.05 bits per heavy atom. The molecule has 0 saturated heterocycles. The van der Waals surface area contributed by atoms with E-state index in [2.05, 4.69) is 24.1 Å². The molecule has 1 aromatic rings. The van der Waals surface area contributed by atoms with Crippen LogP contribution in [0.5, 0.6) is 5.75 Å². The summed E-state index contributed by atoms with van der Waals surface area (Å²) in [6.07, 6.45) is 0. The molecule has 1 N–H and O–H groups in total. The van der Waals surface area contributed by atoms with Crippen molar-refractivity contribution >= 4 is 17.5 Å². The van der Waals surface area contributed by atoms with Crippen molar-refractivity contribution in [2.24, 2.45) is 0 Å². The highest BCUT2D eigenvalue weighted by Gasteiger charge is 2.14. The molecule has 0 heterocycles. The van der Waals surface area contributed by atoms with E-state index in [9.17, 15) is 4.79 Å². The Morgan fingerprint density at radius 3 is 2.63 bits per heavy atom. The van der Waals surface area contributed by atoms with Crippen LogP contribution in [0.25, 0.3) is 0 Å². The Kier molecular flexibility index (Phi) is 6.67. The van der Waals surface area contributed by atoms with E-state index >= 15 is 0 Å². The van der Waals surface area contributed by atoms with Gasteiger partial charge in [-0.25, -0.2) is 0 Å². The van der Waals surface area contributed by atoms with Crippen LogP contribution in [0.4, 0.5) is 0 Å². The number of methoxy groups -OCH3 is 1. The van der Waals surface area contributed by atoms with Gasteiger partial charge in [-0.15, -0.1) is 0 Å². The third-order valence-electron chi connectivity index (χ3n) is 3.02. The highest BCUT2D eigenvalue weighted by molar-refractivity contribution is 6.32. The lowest BCUT2D eigenvalue weighted by Crippen LogP contribution is -2.34. The van der Waals surface area contributed by atoms with Crippen LogP contribution in [-0.4, -0.2) is 44.1 Å². The normalized spacial score (nSPS) is 10.6. The van der Waals surface area contributed by atoms with Crippen LogP contribution < -0.4 is 10.1 Å². The summed E-state index contributed by atoms with van der Waals surface area (Å²) in [5.74, 6) is 0.260. The van der Waals surface area contributed by atoms with Crippen molar-refractivity contribution in [2.45, 2.75) is 13.8 Å². The van der Waals surface area contributed by atoms with Gasteiger partial charge in [0.1, 0.15) is 5.75 Å². The maximum atomic E-state index is 12.1. The van der Waals surface area contributed by atoms with Crippen LogP contribution in [0, 0.1) is 0 Å². The number of benzene rings is 1. The van der Waals surface area contributed by atoms with Gasteiger partial charge in [-0.05, 0) is 25.2 Å². The van der Waals surface area contributed by atoms with Gasteiger partial charge < -0.3 is 15.0 Å². The number of amides is 1. The maximum Gasteiger partial charge on any atom is 0.255 e. The molecule has 0 spiro atoms. The second kappa shape index (κ2) is 8.02. The molecule has 19 heavy (non-hydrogen) atoms. The maximum absolute atomic E-state index is 12.1. The number of carbonyl (C=O) groups is 1. The summed E-state index contributed by atoms with van der Waals surface area (Å²) in [7, 11) is 1.51. The Morgan fingerprint density at radius 1 is 1.37 bits per heavy atom. The average Bonchev–Trinajstić information content (AvgIpc) is 2.43. The molecule has 106 valence electrons. The zero-order valence-corrected chi connectivity index (χ0v) is 12.5. The summed E-state index contributed by atoms with van der Waals surface area (Å²) >= 11 is 5.99. The van der Waals surface area contributed by atoms with E-state index in [0.717, 1.165) is 19.6 Å². The van der Waals surface area contributed by atoms with E-state index in [1.165, 1.54) is 7.11 Å². The fourth-order valence-corrected chi connectivity index (χ4v) is 2.11. The molecule has 0 aliphatic rings. The van der Waals surface area contributed by atoms with Gasteiger partial charge in [-0.3, -0.25) is 4.79 Å². The summed E-state index contributed by atoms with van der Waals surface area (Å²) in [4.78, 5) is 14.3. The van der Waals surface area contributed by atoms with Crippen molar-refractivity contribution in [3.05, 3.63) is 28.8 Å². The first kappa shape index (κ1) is 15.8. The van der Waals surface area contributed by atoms with Gasteiger partial charge in [-0.1, -0.05) is 31.5 Å². The van der Waals surface area contributed by atoms with Gasteiger partial charge in [0.05, 0.1) is 17.7 Å². The molecule has 0 radical (unpaired) electrons. The molecule has 0 atom stereocenters. The van der Waals surface area contributed by atoms with Crippen molar-refractivity contribution in [1.82, 2.24) is 10.2 Å². The number of likely N-dealkylation sites (N-methyl/N-ethyl adjacent to an activating group) is 1. The van der Waals surface area contributed by atoms with Crippen LogP contribution in [0.2, 0.25) is 5.02 Å². The van der Waals surface area contributed by atoms with Crippen molar-refractivity contribution in [3.8, 4) is 5.75 Å². The molecular formula is C14H21ClN2O2. The Bertz CT molecular complexity index is 420. The molecule has 1 amide bonds. The minimum Gasteiger partial charge on any atom is -0.494 e. The van der Waals surface area contributed by atoms with Crippen LogP contribution in [0.3, 0.4) is 0 Å². The Labute approximate surface area is 119 Å². The predicted molar refractivity (Wildman–Crippen MR) is 78.1 cm³/mol. The van der Waals surface area contributed by atoms with Crippen LogP contribution in [-0.2, 0) is 0 Å². The Hall–Kier alpha value is -1.26. The summed E-state index contributed by atoms with van der Waals surface area (Å²) in [5.41, 5.74) is 0.467. The van der Waals surface area contributed by atoms with E-state index in [1.807, 2.05) is 0 Å². The number of carbonyl (C=O) groups excluding carboxylic acids is 1. The predicted octanol–water partition coefficient (Wildman–Crippen LogP) is 2.42. The quantitative estimate of drug-likeness (QED) is 0.836. The Balaban J connectivity index is 2.61. The molecule has 0 unspecified atom stereocenters. The first-order valence-electron chi connectivity index (χ1n) is 6.47. The van der Waals surface area contributed by atoms with E-state index in [0.29, 0.717) is 22.9 Å². The molecule has 0 aliphatic heterocycles. The molecule has 0 saturated carbocycles. The smallest absolute Gasteiger partial charge is 0.255 e. The number of nitrogens with one attached hydrogen (secondary N) is 1. The third-order valence-corrected chi connectivity index (χ3v) is 3.32. The number of hydrogen-bond acceptors (Lipinski definition) is 3. The molecular weight excluding hydrogens is 264 g/mol. The van der Waals surface area contributed by atoms with E-state index in [4.69, 9.17) is 16.3 Å². The summed E-state index contributed by atoms with van der Waals surface area (Å²) in [5, 5.41) is 3.32. The minimum atomic E-state index is -0.161. The van der Waals surface area contributed by atoms with Crippen LogP contribution in [0.1, 0.15) is 24.2 Å². The van der Waals surface area contributed by atoms with Crippen molar-refractivity contribution in [2.75, 3.05) is 33.3 Å². The van der Waals surface area contributed by atoms with Crippen molar-refractivity contribution in [3.63, 3.8) is 0 Å². The highest BCUT2D eigenvalue weighted by Crippen LogP contribution is 2.27. The zero-order chi connectivity index (χ0) is 14.3. The fourth-order valence-electron chi connectivity index (χ4n) is 1.86. The lowest BCUT2D eigenvalue weighted by molar-refractivity contribution is 0.0946. The van der Waals surface area contributed by atoms with Crippen LogP contribution >= 0.6 is 11.6 Å². The van der Waals surface area contributed by atoms with Crippen LogP contribution in [0.15, 0.2) is 18.2 Å². The van der Waals surface area contributed by atoms with Gasteiger partial charge in [0.25, 0.3) is 5.91 Å². The second-order valence-corrected chi connectivity index (χ2v) is 4.51. The first-order chi connectivity index (χ1) is 9.13. The number of halogens is 1. The molecule has 1 aromatic carbocycles. The standard InChI is InChI=1S/C14H21ClN2O2/c1-4-17(5-2)10-9-16-14(18)11-7-6-8-12(15)13(11)19-3/h6-8H,4-5,9-10H2,1-3H3,(H,16,18). The number of hydrogen-bond donors (Lipinski definition) is 1. The molecule has 1 rings (SSSR count). The van der Waals surface area contributed by atoms with Gasteiger partial charge >= 0.3 is 0 Å². The molecule has 4 nitrogen and oxygen atoms in total. The van der Waals surface area contributed by atoms with E-state index in [-0.39, 0.29) is 5.91 Å². The summed E-state index contributed by atoms with van der Waals surface area (Å²) in [6.45, 7) is 7.61. The fraction of sp³-hybridized carbons (Fsp3) is 0.500. The van der Waals surface area contributed by atoms with Gasteiger partial charge in [0.2, 0.25) is 0 Å². The number of para-hydroxylation sites is 1. The molecule has 0 fully saturated rings. The second-order valence-electron chi connectivity index (χ2n) is 4.10. The minimum absolute atomic E-state index is 0.161. The molecule has 0 aliphatic carbocycles. The largest absolute Gasteiger partial charge is 0.494 e. The monoisotopic (exact) mass is 284 g/mol. The number of ether oxygens (including phenoxy) is 1. The SMILES string of the molecule is CCN(CC)CCNC(=O)c1cccc(Cl)c1OC. The number of rotatable bonds is 7. The first-order valence-corrected chi connectivity index (χ1v) is 6.84. The topological polar surface area (TPSA) is 41.6 Å². The molecule has 5 heteroatoms.